The standard InChI is InChI=1S/C20H15ClN2O/c21-15-8-6-7-14(13-15)19-22-18-12-5-4-11-17(18)20(24)23(19)16-9-2-1-3-10-16/h1-13,19,22H/t19-/m0/s1. The molecule has 1 N–H and O–H groups in total. The first-order valence-corrected chi connectivity index (χ1v) is 8.11. The minimum Gasteiger partial charge on any atom is -0.360 e. The lowest BCUT2D eigenvalue weighted by Crippen LogP contribution is -2.43. The van der Waals surface area contributed by atoms with Gasteiger partial charge in [-0.1, -0.05) is 54.1 Å². The maximum atomic E-state index is 13.1. The zero-order valence-electron chi connectivity index (χ0n) is 12.8. The second-order valence-corrected chi connectivity index (χ2v) is 6.09. The SMILES string of the molecule is O=C1c2ccccc2N[C@H](c2cccc(Cl)c2)N1c1ccccc1. The van der Waals surface area contributed by atoms with Gasteiger partial charge >= 0.3 is 0 Å². The Morgan fingerprint density at radius 2 is 1.62 bits per heavy atom. The summed E-state index contributed by atoms with van der Waals surface area (Å²) in [4.78, 5) is 14.9. The van der Waals surface area contributed by atoms with Crippen LogP contribution in [-0.4, -0.2) is 5.91 Å². The molecular weight excluding hydrogens is 320 g/mol. The summed E-state index contributed by atoms with van der Waals surface area (Å²) in [5.74, 6) is -0.0273. The molecule has 0 fully saturated rings. The van der Waals surface area contributed by atoms with Crippen molar-refractivity contribution in [2.24, 2.45) is 0 Å². The summed E-state index contributed by atoms with van der Waals surface area (Å²) >= 11 is 6.16. The van der Waals surface area contributed by atoms with Gasteiger partial charge in [0, 0.05) is 16.4 Å². The Labute approximate surface area is 145 Å². The minimum absolute atomic E-state index is 0.0273. The minimum atomic E-state index is -0.312. The van der Waals surface area contributed by atoms with Gasteiger partial charge < -0.3 is 5.32 Å². The average molecular weight is 335 g/mol. The van der Waals surface area contributed by atoms with Crippen molar-refractivity contribution in [3.05, 3.63) is 95.0 Å². The fraction of sp³-hybridized carbons (Fsp3) is 0.0500. The van der Waals surface area contributed by atoms with Crippen LogP contribution in [0.3, 0.4) is 0 Å². The summed E-state index contributed by atoms with van der Waals surface area (Å²) in [6.45, 7) is 0. The maximum absolute atomic E-state index is 13.1. The molecule has 24 heavy (non-hydrogen) atoms. The van der Waals surface area contributed by atoms with Crippen molar-refractivity contribution in [1.82, 2.24) is 0 Å². The average Bonchev–Trinajstić information content (AvgIpc) is 2.62. The molecule has 1 heterocycles. The molecule has 1 aliphatic rings. The number of fused-ring (bicyclic) bond motifs is 1. The molecule has 0 radical (unpaired) electrons. The first-order valence-electron chi connectivity index (χ1n) is 7.74. The summed E-state index contributed by atoms with van der Waals surface area (Å²) in [6.07, 6.45) is -0.312. The summed E-state index contributed by atoms with van der Waals surface area (Å²) < 4.78 is 0. The van der Waals surface area contributed by atoms with Gasteiger partial charge in [0.25, 0.3) is 5.91 Å². The summed E-state index contributed by atoms with van der Waals surface area (Å²) in [6, 6.07) is 24.8. The van der Waals surface area contributed by atoms with E-state index in [1.54, 1.807) is 4.90 Å². The fourth-order valence-corrected chi connectivity index (χ4v) is 3.22. The fourth-order valence-electron chi connectivity index (χ4n) is 3.02. The van der Waals surface area contributed by atoms with Crippen LogP contribution in [0.15, 0.2) is 78.9 Å². The first kappa shape index (κ1) is 14.8. The van der Waals surface area contributed by atoms with E-state index >= 15 is 0 Å². The highest BCUT2D eigenvalue weighted by molar-refractivity contribution is 6.30. The Balaban J connectivity index is 1.87. The van der Waals surface area contributed by atoms with Gasteiger partial charge in [-0.2, -0.15) is 0 Å². The lowest BCUT2D eigenvalue weighted by atomic mass is 10.0. The predicted molar refractivity (Wildman–Crippen MR) is 97.5 cm³/mol. The first-order chi connectivity index (χ1) is 11.7. The van der Waals surface area contributed by atoms with E-state index < -0.39 is 0 Å². The Kier molecular flexibility index (Phi) is 3.71. The number of rotatable bonds is 2. The van der Waals surface area contributed by atoms with Gasteiger partial charge in [-0.25, -0.2) is 0 Å². The lowest BCUT2D eigenvalue weighted by Gasteiger charge is -2.38. The molecule has 1 amide bonds. The number of anilines is 2. The number of hydrogen-bond donors (Lipinski definition) is 1. The van der Waals surface area contributed by atoms with E-state index in [0.29, 0.717) is 10.6 Å². The van der Waals surface area contributed by atoms with Crippen molar-refractivity contribution in [1.29, 1.82) is 0 Å². The third-order valence-electron chi connectivity index (χ3n) is 4.13. The summed E-state index contributed by atoms with van der Waals surface area (Å²) in [7, 11) is 0. The predicted octanol–water partition coefficient (Wildman–Crippen LogP) is 5.11. The summed E-state index contributed by atoms with van der Waals surface area (Å²) in [5, 5.41) is 4.11. The van der Waals surface area contributed by atoms with E-state index in [4.69, 9.17) is 11.6 Å². The summed E-state index contributed by atoms with van der Waals surface area (Å²) in [5.41, 5.74) is 3.28. The number of hydrogen-bond acceptors (Lipinski definition) is 2. The Morgan fingerprint density at radius 1 is 0.875 bits per heavy atom. The highest BCUT2D eigenvalue weighted by atomic mass is 35.5. The molecule has 3 aromatic carbocycles. The Hall–Kier alpha value is -2.78. The molecule has 0 saturated heterocycles. The third kappa shape index (κ3) is 2.53. The topological polar surface area (TPSA) is 32.3 Å². The quantitative estimate of drug-likeness (QED) is 0.706. The molecule has 1 aliphatic heterocycles. The number of halogens is 1. The van der Waals surface area contributed by atoms with E-state index in [2.05, 4.69) is 5.32 Å². The molecular formula is C20H15ClN2O. The monoisotopic (exact) mass is 334 g/mol. The van der Waals surface area contributed by atoms with Crippen molar-refractivity contribution in [2.45, 2.75) is 6.17 Å². The number of nitrogens with zero attached hydrogens (tertiary/aromatic N) is 1. The smallest absolute Gasteiger partial charge is 0.262 e. The van der Waals surface area contributed by atoms with E-state index in [9.17, 15) is 4.79 Å². The number of para-hydroxylation sites is 2. The van der Waals surface area contributed by atoms with Gasteiger partial charge in [-0.15, -0.1) is 0 Å². The Bertz CT molecular complexity index is 895. The van der Waals surface area contributed by atoms with Gasteiger partial charge in [0.15, 0.2) is 0 Å². The van der Waals surface area contributed by atoms with Crippen molar-refractivity contribution >= 4 is 28.9 Å². The zero-order chi connectivity index (χ0) is 16.5. The Morgan fingerprint density at radius 3 is 2.42 bits per heavy atom. The van der Waals surface area contributed by atoms with Crippen molar-refractivity contribution in [3.63, 3.8) is 0 Å². The third-order valence-corrected chi connectivity index (χ3v) is 4.36. The number of amides is 1. The van der Waals surface area contributed by atoms with Gasteiger partial charge in [-0.3, -0.25) is 9.69 Å². The van der Waals surface area contributed by atoms with Gasteiger partial charge in [-0.05, 0) is 42.0 Å². The second-order valence-electron chi connectivity index (χ2n) is 5.66. The lowest BCUT2D eigenvalue weighted by molar-refractivity contribution is 0.0975. The molecule has 4 rings (SSSR count). The van der Waals surface area contributed by atoms with Crippen molar-refractivity contribution in [3.8, 4) is 0 Å². The van der Waals surface area contributed by atoms with Crippen molar-refractivity contribution < 1.29 is 4.79 Å². The van der Waals surface area contributed by atoms with E-state index in [1.807, 2.05) is 78.9 Å². The number of benzene rings is 3. The van der Waals surface area contributed by atoms with Crippen LogP contribution in [-0.2, 0) is 0 Å². The molecule has 1 atom stereocenters. The molecule has 3 aromatic rings. The zero-order valence-corrected chi connectivity index (χ0v) is 13.6. The molecule has 0 bridgehead atoms. The highest BCUT2D eigenvalue weighted by Gasteiger charge is 2.33. The van der Waals surface area contributed by atoms with Crippen LogP contribution in [0, 0.1) is 0 Å². The van der Waals surface area contributed by atoms with Crippen LogP contribution < -0.4 is 10.2 Å². The molecule has 0 saturated carbocycles. The van der Waals surface area contributed by atoms with Crippen LogP contribution in [0.25, 0.3) is 0 Å². The van der Waals surface area contributed by atoms with E-state index in [-0.39, 0.29) is 12.1 Å². The van der Waals surface area contributed by atoms with E-state index in [1.165, 1.54) is 0 Å². The molecule has 0 spiro atoms. The largest absolute Gasteiger partial charge is 0.360 e. The maximum Gasteiger partial charge on any atom is 0.262 e. The second kappa shape index (κ2) is 6.02. The van der Waals surface area contributed by atoms with Crippen LogP contribution >= 0.6 is 11.6 Å². The molecule has 118 valence electrons. The molecule has 0 unspecified atom stereocenters. The van der Waals surface area contributed by atoms with Crippen LogP contribution in [0.4, 0.5) is 11.4 Å². The van der Waals surface area contributed by atoms with Crippen LogP contribution in [0.2, 0.25) is 5.02 Å². The molecule has 0 aliphatic carbocycles. The normalized spacial score (nSPS) is 16.5. The van der Waals surface area contributed by atoms with Crippen molar-refractivity contribution in [2.75, 3.05) is 10.2 Å². The number of nitrogens with one attached hydrogen (secondary N) is 1. The van der Waals surface area contributed by atoms with Gasteiger partial charge in [0.05, 0.1) is 5.56 Å². The molecule has 4 heteroatoms. The number of carbonyl (C=O) groups excluding carboxylic acids is 1. The van der Waals surface area contributed by atoms with E-state index in [0.717, 1.165) is 16.9 Å². The van der Waals surface area contributed by atoms with Crippen LogP contribution in [0.5, 0.6) is 0 Å². The highest BCUT2D eigenvalue weighted by Crippen LogP contribution is 2.36. The number of carbonyl (C=O) groups is 1. The van der Waals surface area contributed by atoms with Gasteiger partial charge in [0.1, 0.15) is 6.17 Å². The van der Waals surface area contributed by atoms with Gasteiger partial charge in [0.2, 0.25) is 0 Å². The molecule has 0 aromatic heterocycles. The molecule has 3 nitrogen and oxygen atoms in total. The van der Waals surface area contributed by atoms with Crippen LogP contribution in [0.1, 0.15) is 22.1 Å².